The van der Waals surface area contributed by atoms with E-state index in [-0.39, 0.29) is 11.9 Å². The molecule has 0 aliphatic heterocycles. The molecular formula is C17H21FN2O. The number of aryl methyl sites for hydroxylation is 1. The number of nitrogens with one attached hydrogen (secondary N) is 1. The van der Waals surface area contributed by atoms with Crippen LogP contribution in [0.15, 0.2) is 42.6 Å². The van der Waals surface area contributed by atoms with Crippen molar-refractivity contribution < 1.29 is 9.50 Å². The highest BCUT2D eigenvalue weighted by molar-refractivity contribution is 5.18. The zero-order valence-corrected chi connectivity index (χ0v) is 12.4. The summed E-state index contributed by atoms with van der Waals surface area (Å²) in [5.41, 5.74) is 2.85. The molecule has 1 aromatic heterocycles. The molecule has 0 aliphatic rings. The zero-order valence-electron chi connectivity index (χ0n) is 12.4. The summed E-state index contributed by atoms with van der Waals surface area (Å²) < 4.78 is 12.8. The molecule has 1 aromatic carbocycles. The van der Waals surface area contributed by atoms with Gasteiger partial charge in [0.2, 0.25) is 0 Å². The third kappa shape index (κ3) is 4.92. The summed E-state index contributed by atoms with van der Waals surface area (Å²) in [5.74, 6) is -0.289. The predicted octanol–water partition coefficient (Wildman–Crippen LogP) is 3.13. The van der Waals surface area contributed by atoms with Crippen LogP contribution in [0, 0.1) is 12.7 Å². The average Bonchev–Trinajstić information content (AvgIpc) is 2.47. The molecular weight excluding hydrogens is 267 g/mol. The van der Waals surface area contributed by atoms with Crippen LogP contribution in [0.1, 0.15) is 36.3 Å². The Kier molecular flexibility index (Phi) is 5.42. The van der Waals surface area contributed by atoms with E-state index >= 15 is 0 Å². The lowest BCUT2D eigenvalue weighted by molar-refractivity contribution is 0.153. The maximum absolute atomic E-state index is 12.8. The Morgan fingerprint density at radius 3 is 2.52 bits per heavy atom. The van der Waals surface area contributed by atoms with Gasteiger partial charge in [0.15, 0.2) is 0 Å². The Balaban J connectivity index is 1.82. The second-order valence-corrected chi connectivity index (χ2v) is 5.41. The topological polar surface area (TPSA) is 45.1 Å². The Hall–Kier alpha value is -1.78. The van der Waals surface area contributed by atoms with E-state index in [2.05, 4.69) is 10.3 Å². The minimum absolute atomic E-state index is 0.133. The first kappa shape index (κ1) is 15.6. The van der Waals surface area contributed by atoms with Crippen molar-refractivity contribution in [1.29, 1.82) is 0 Å². The number of aromatic nitrogens is 1. The molecule has 3 nitrogen and oxygen atoms in total. The minimum Gasteiger partial charge on any atom is -0.388 e. The molecule has 0 radical (unpaired) electrons. The van der Waals surface area contributed by atoms with Gasteiger partial charge in [0.1, 0.15) is 5.82 Å². The molecule has 21 heavy (non-hydrogen) atoms. The van der Waals surface area contributed by atoms with Gasteiger partial charge in [-0.1, -0.05) is 18.2 Å². The number of benzene rings is 1. The number of halogens is 1. The minimum atomic E-state index is -0.598. The fourth-order valence-corrected chi connectivity index (χ4v) is 2.12. The van der Waals surface area contributed by atoms with E-state index in [0.717, 1.165) is 16.8 Å². The molecule has 2 N–H and O–H groups in total. The fraction of sp³-hybridized carbons (Fsp3) is 0.353. The first-order valence-corrected chi connectivity index (χ1v) is 7.13. The van der Waals surface area contributed by atoms with Gasteiger partial charge in [-0.25, -0.2) is 4.39 Å². The summed E-state index contributed by atoms with van der Waals surface area (Å²) in [6.07, 6.45) is 1.81. The second-order valence-electron chi connectivity index (χ2n) is 5.41. The van der Waals surface area contributed by atoms with Crippen LogP contribution in [0.4, 0.5) is 4.39 Å². The summed E-state index contributed by atoms with van der Waals surface area (Å²) in [6.45, 7) is 4.68. The number of pyridine rings is 1. The molecule has 0 saturated heterocycles. The summed E-state index contributed by atoms with van der Waals surface area (Å²) in [5, 5.41) is 13.5. The first-order valence-electron chi connectivity index (χ1n) is 7.13. The largest absolute Gasteiger partial charge is 0.388 e. The molecule has 0 bridgehead atoms. The zero-order chi connectivity index (χ0) is 15.2. The van der Waals surface area contributed by atoms with Crippen LogP contribution in [-0.2, 0) is 6.54 Å². The third-order valence-corrected chi connectivity index (χ3v) is 3.44. The van der Waals surface area contributed by atoms with Gasteiger partial charge in [-0.05, 0) is 49.6 Å². The summed E-state index contributed by atoms with van der Waals surface area (Å²) >= 11 is 0. The number of aliphatic hydroxyl groups is 1. The van der Waals surface area contributed by atoms with Crippen molar-refractivity contribution >= 4 is 0 Å². The molecule has 2 aromatic rings. The first-order chi connectivity index (χ1) is 10.0. The maximum Gasteiger partial charge on any atom is 0.123 e. The van der Waals surface area contributed by atoms with Crippen LogP contribution >= 0.6 is 0 Å². The fourth-order valence-electron chi connectivity index (χ4n) is 2.12. The van der Waals surface area contributed by atoms with E-state index < -0.39 is 6.10 Å². The van der Waals surface area contributed by atoms with E-state index in [0.29, 0.717) is 13.0 Å². The predicted molar refractivity (Wildman–Crippen MR) is 81.3 cm³/mol. The Labute approximate surface area is 124 Å². The molecule has 0 fully saturated rings. The van der Waals surface area contributed by atoms with E-state index in [4.69, 9.17) is 0 Å². The Bertz CT molecular complexity index is 554. The number of rotatable bonds is 6. The van der Waals surface area contributed by atoms with E-state index in [9.17, 15) is 9.50 Å². The van der Waals surface area contributed by atoms with Gasteiger partial charge in [0.05, 0.1) is 11.8 Å². The SMILES string of the molecule is Cc1ccc(CNC(C)CC(O)c2ccc(F)cc2)nc1. The number of hydrogen-bond acceptors (Lipinski definition) is 3. The van der Waals surface area contributed by atoms with Crippen LogP contribution in [-0.4, -0.2) is 16.1 Å². The normalized spacial score (nSPS) is 13.9. The quantitative estimate of drug-likeness (QED) is 0.858. The number of nitrogens with zero attached hydrogens (tertiary/aromatic N) is 1. The molecule has 0 spiro atoms. The average molecular weight is 288 g/mol. The molecule has 2 unspecified atom stereocenters. The van der Waals surface area contributed by atoms with E-state index in [1.807, 2.05) is 32.2 Å². The van der Waals surface area contributed by atoms with Crippen LogP contribution in [0.3, 0.4) is 0 Å². The highest BCUT2D eigenvalue weighted by Crippen LogP contribution is 2.18. The monoisotopic (exact) mass is 288 g/mol. The molecule has 4 heteroatoms. The lowest BCUT2D eigenvalue weighted by Crippen LogP contribution is -2.27. The van der Waals surface area contributed by atoms with Gasteiger partial charge in [-0.2, -0.15) is 0 Å². The molecule has 0 amide bonds. The van der Waals surface area contributed by atoms with Gasteiger partial charge in [-0.3, -0.25) is 4.98 Å². The third-order valence-electron chi connectivity index (χ3n) is 3.44. The van der Waals surface area contributed by atoms with Crippen molar-refractivity contribution in [3.05, 3.63) is 65.2 Å². The molecule has 2 rings (SSSR count). The Morgan fingerprint density at radius 1 is 1.19 bits per heavy atom. The molecule has 112 valence electrons. The summed E-state index contributed by atoms with van der Waals surface area (Å²) in [7, 11) is 0. The molecule has 0 saturated carbocycles. The highest BCUT2D eigenvalue weighted by Gasteiger charge is 2.12. The van der Waals surface area contributed by atoms with Crippen LogP contribution in [0.2, 0.25) is 0 Å². The van der Waals surface area contributed by atoms with Crippen molar-refractivity contribution in [3.63, 3.8) is 0 Å². The molecule has 0 aliphatic carbocycles. The van der Waals surface area contributed by atoms with Crippen molar-refractivity contribution in [3.8, 4) is 0 Å². The van der Waals surface area contributed by atoms with E-state index in [1.54, 1.807) is 12.1 Å². The smallest absolute Gasteiger partial charge is 0.123 e. The second kappa shape index (κ2) is 7.29. The Morgan fingerprint density at radius 2 is 1.90 bits per heavy atom. The summed E-state index contributed by atoms with van der Waals surface area (Å²) in [6, 6.07) is 10.1. The number of hydrogen-bond donors (Lipinski definition) is 2. The van der Waals surface area contributed by atoms with Gasteiger partial charge in [0.25, 0.3) is 0 Å². The molecule has 1 heterocycles. The van der Waals surface area contributed by atoms with Crippen molar-refractivity contribution in [2.75, 3.05) is 0 Å². The van der Waals surface area contributed by atoms with Crippen molar-refractivity contribution in [2.24, 2.45) is 0 Å². The van der Waals surface area contributed by atoms with Gasteiger partial charge in [0, 0.05) is 18.8 Å². The van der Waals surface area contributed by atoms with E-state index in [1.165, 1.54) is 12.1 Å². The summed E-state index contributed by atoms with van der Waals surface area (Å²) in [4.78, 5) is 4.33. The van der Waals surface area contributed by atoms with Gasteiger partial charge >= 0.3 is 0 Å². The lowest BCUT2D eigenvalue weighted by atomic mass is 10.0. The standard InChI is InChI=1S/C17H21FN2O/c1-12-3-8-16(20-10-12)11-19-13(2)9-17(21)14-4-6-15(18)7-5-14/h3-8,10,13,17,19,21H,9,11H2,1-2H3. The van der Waals surface area contributed by atoms with Gasteiger partial charge < -0.3 is 10.4 Å². The molecule has 2 atom stereocenters. The highest BCUT2D eigenvalue weighted by atomic mass is 19.1. The van der Waals surface area contributed by atoms with Gasteiger partial charge in [-0.15, -0.1) is 0 Å². The van der Waals surface area contributed by atoms with Crippen LogP contribution in [0.25, 0.3) is 0 Å². The number of aliphatic hydroxyl groups excluding tert-OH is 1. The van der Waals surface area contributed by atoms with Crippen molar-refractivity contribution in [2.45, 2.75) is 39.0 Å². The maximum atomic E-state index is 12.8. The van der Waals surface area contributed by atoms with Crippen molar-refractivity contribution in [1.82, 2.24) is 10.3 Å². The van der Waals surface area contributed by atoms with Crippen LogP contribution in [0.5, 0.6) is 0 Å². The lowest BCUT2D eigenvalue weighted by Gasteiger charge is -2.18. The van der Waals surface area contributed by atoms with Crippen LogP contribution < -0.4 is 5.32 Å².